The number of carbonyl (C=O) groups excluding carboxylic acids is 1. The molecule has 2 aromatic carbocycles. The molecule has 1 heterocycles. The normalized spacial score (nSPS) is 10.0. The number of hydrogen-bond donors (Lipinski definition) is 3. The van der Waals surface area contributed by atoms with Gasteiger partial charge in [0.1, 0.15) is 17.3 Å². The van der Waals surface area contributed by atoms with Crippen LogP contribution in [0.3, 0.4) is 0 Å². The summed E-state index contributed by atoms with van der Waals surface area (Å²) in [6.07, 6.45) is 3.08. The predicted molar refractivity (Wildman–Crippen MR) is 108 cm³/mol. The van der Waals surface area contributed by atoms with E-state index in [1.807, 2.05) is 6.07 Å². The lowest BCUT2D eigenvalue weighted by atomic mass is 10.1. The zero-order chi connectivity index (χ0) is 20.8. The number of benzene rings is 2. The van der Waals surface area contributed by atoms with Gasteiger partial charge in [0, 0.05) is 35.9 Å². The Balaban J connectivity index is 1.71. The summed E-state index contributed by atoms with van der Waals surface area (Å²) in [6.45, 7) is 0.362. The lowest BCUT2D eigenvalue weighted by Gasteiger charge is -2.10. The van der Waals surface area contributed by atoms with Gasteiger partial charge in [-0.2, -0.15) is 5.26 Å². The summed E-state index contributed by atoms with van der Waals surface area (Å²) >= 11 is 0. The zero-order valence-electron chi connectivity index (χ0n) is 15.1. The Bertz CT molecular complexity index is 1110. The van der Waals surface area contributed by atoms with Gasteiger partial charge >= 0.3 is 5.69 Å². The second kappa shape index (κ2) is 8.49. The van der Waals surface area contributed by atoms with Crippen molar-refractivity contribution in [1.29, 1.82) is 5.26 Å². The van der Waals surface area contributed by atoms with Crippen molar-refractivity contribution in [3.8, 4) is 6.07 Å². The monoisotopic (exact) mass is 388 g/mol. The maximum absolute atomic E-state index is 12.2. The molecule has 3 aromatic rings. The third-order valence-corrected chi connectivity index (χ3v) is 4.07. The number of nitriles is 1. The molecule has 9 nitrogen and oxygen atoms in total. The van der Waals surface area contributed by atoms with Gasteiger partial charge in [0.05, 0.1) is 4.92 Å². The number of nitrogens with one attached hydrogen (secondary N) is 2. The second-order valence-electron chi connectivity index (χ2n) is 6.07. The van der Waals surface area contributed by atoms with Crippen LogP contribution in [0.2, 0.25) is 0 Å². The first kappa shape index (κ1) is 19.3. The zero-order valence-corrected chi connectivity index (χ0v) is 15.1. The molecule has 0 spiro atoms. The SMILES string of the molecule is N#Cc1cc(NCc2cccc(NC(=O)c3ccncc3)c2)cc(N)c1[N+](=O)[O-]. The van der Waals surface area contributed by atoms with E-state index in [9.17, 15) is 14.9 Å². The number of aromatic nitrogens is 1. The summed E-state index contributed by atoms with van der Waals surface area (Å²) in [7, 11) is 0. The molecule has 0 aliphatic heterocycles. The molecule has 0 aliphatic rings. The van der Waals surface area contributed by atoms with Crippen molar-refractivity contribution >= 4 is 28.7 Å². The van der Waals surface area contributed by atoms with Crippen LogP contribution in [0.25, 0.3) is 0 Å². The minimum Gasteiger partial charge on any atom is -0.393 e. The maximum atomic E-state index is 12.2. The minimum atomic E-state index is -0.674. The Morgan fingerprint density at radius 1 is 1.17 bits per heavy atom. The quantitative estimate of drug-likeness (QED) is 0.333. The second-order valence-corrected chi connectivity index (χ2v) is 6.07. The number of nitro groups is 1. The van der Waals surface area contributed by atoms with E-state index in [0.29, 0.717) is 23.5 Å². The van der Waals surface area contributed by atoms with Gasteiger partial charge in [-0.25, -0.2) is 0 Å². The van der Waals surface area contributed by atoms with E-state index in [1.165, 1.54) is 12.1 Å². The molecule has 4 N–H and O–H groups in total. The van der Waals surface area contributed by atoms with Gasteiger partial charge in [-0.1, -0.05) is 12.1 Å². The van der Waals surface area contributed by atoms with Crippen molar-refractivity contribution in [2.45, 2.75) is 6.54 Å². The molecule has 9 heteroatoms. The van der Waals surface area contributed by atoms with E-state index in [1.54, 1.807) is 48.8 Å². The smallest absolute Gasteiger partial charge is 0.309 e. The maximum Gasteiger partial charge on any atom is 0.309 e. The fourth-order valence-corrected chi connectivity index (χ4v) is 2.72. The lowest BCUT2D eigenvalue weighted by Crippen LogP contribution is -2.12. The number of hydrogen-bond acceptors (Lipinski definition) is 7. The Morgan fingerprint density at radius 3 is 2.62 bits per heavy atom. The number of pyridine rings is 1. The van der Waals surface area contributed by atoms with E-state index in [0.717, 1.165) is 5.56 Å². The standard InChI is InChI=1S/C20H16N6O3/c21-11-15-9-17(10-18(22)19(15)26(28)29)24-12-13-2-1-3-16(8-13)25-20(27)14-4-6-23-7-5-14/h1-10,24H,12,22H2,(H,25,27). The Kier molecular flexibility index (Phi) is 5.66. The molecule has 0 radical (unpaired) electrons. The summed E-state index contributed by atoms with van der Waals surface area (Å²) in [6, 6.07) is 15.0. The Morgan fingerprint density at radius 2 is 1.93 bits per heavy atom. The van der Waals surface area contributed by atoms with Gasteiger partial charge in [-0.05, 0) is 42.0 Å². The largest absolute Gasteiger partial charge is 0.393 e. The summed E-state index contributed by atoms with van der Waals surface area (Å²) in [4.78, 5) is 26.5. The average molecular weight is 388 g/mol. The van der Waals surface area contributed by atoms with Crippen LogP contribution in [0, 0.1) is 21.4 Å². The third-order valence-electron chi connectivity index (χ3n) is 4.07. The number of nitrogens with zero attached hydrogens (tertiary/aromatic N) is 3. The van der Waals surface area contributed by atoms with Crippen molar-refractivity contribution in [2.75, 3.05) is 16.4 Å². The van der Waals surface area contributed by atoms with E-state index < -0.39 is 10.6 Å². The van der Waals surface area contributed by atoms with Crippen molar-refractivity contribution in [3.63, 3.8) is 0 Å². The predicted octanol–water partition coefficient (Wildman–Crippen LogP) is 3.31. The first-order valence-electron chi connectivity index (χ1n) is 8.50. The minimum absolute atomic E-state index is 0.0880. The van der Waals surface area contributed by atoms with Crippen molar-refractivity contribution in [3.05, 3.63) is 87.7 Å². The number of carbonyl (C=O) groups is 1. The van der Waals surface area contributed by atoms with Gasteiger partial charge in [0.25, 0.3) is 5.91 Å². The summed E-state index contributed by atoms with van der Waals surface area (Å²) < 4.78 is 0. The number of rotatable bonds is 6. The van der Waals surface area contributed by atoms with Crippen LogP contribution < -0.4 is 16.4 Å². The third kappa shape index (κ3) is 4.64. The molecule has 0 aliphatic carbocycles. The fourth-order valence-electron chi connectivity index (χ4n) is 2.72. The molecule has 3 rings (SSSR count). The first-order valence-corrected chi connectivity index (χ1v) is 8.50. The van der Waals surface area contributed by atoms with Crippen LogP contribution in [-0.4, -0.2) is 15.8 Å². The van der Waals surface area contributed by atoms with Gasteiger partial charge in [0.15, 0.2) is 0 Å². The Hall–Kier alpha value is -4.45. The number of nitrogens with two attached hydrogens (primary N) is 1. The first-order chi connectivity index (χ1) is 14.0. The topological polar surface area (TPSA) is 147 Å². The molecule has 0 bridgehead atoms. The van der Waals surface area contributed by atoms with Gasteiger partial charge in [-0.3, -0.25) is 19.9 Å². The molecule has 0 unspecified atom stereocenters. The molecule has 144 valence electrons. The number of anilines is 3. The van der Waals surface area contributed by atoms with Crippen LogP contribution in [-0.2, 0) is 6.54 Å². The summed E-state index contributed by atoms with van der Waals surface area (Å²) in [5.41, 5.74) is 7.56. The van der Waals surface area contributed by atoms with Crippen LogP contribution in [0.1, 0.15) is 21.5 Å². The molecular formula is C20H16N6O3. The van der Waals surface area contributed by atoms with E-state index >= 15 is 0 Å². The summed E-state index contributed by atoms with van der Waals surface area (Å²) in [5.74, 6) is -0.251. The highest BCUT2D eigenvalue weighted by Gasteiger charge is 2.19. The highest BCUT2D eigenvalue weighted by atomic mass is 16.6. The van der Waals surface area contributed by atoms with E-state index in [-0.39, 0.29) is 17.2 Å². The number of amides is 1. The summed E-state index contributed by atoms with van der Waals surface area (Å²) in [5, 5.41) is 26.1. The van der Waals surface area contributed by atoms with Gasteiger partial charge in [0.2, 0.25) is 0 Å². The fraction of sp³-hybridized carbons (Fsp3) is 0.0500. The molecule has 1 amide bonds. The number of nitrogen functional groups attached to an aromatic ring is 1. The van der Waals surface area contributed by atoms with E-state index in [4.69, 9.17) is 11.0 Å². The van der Waals surface area contributed by atoms with Gasteiger partial charge in [-0.15, -0.1) is 0 Å². The lowest BCUT2D eigenvalue weighted by molar-refractivity contribution is -0.384. The van der Waals surface area contributed by atoms with Crippen LogP contribution in [0.4, 0.5) is 22.7 Å². The highest BCUT2D eigenvalue weighted by molar-refractivity contribution is 6.04. The molecule has 0 saturated heterocycles. The molecule has 0 fully saturated rings. The molecule has 29 heavy (non-hydrogen) atoms. The van der Waals surface area contributed by atoms with Crippen LogP contribution >= 0.6 is 0 Å². The molecule has 1 aromatic heterocycles. The van der Waals surface area contributed by atoms with Crippen molar-refractivity contribution in [1.82, 2.24) is 4.98 Å². The van der Waals surface area contributed by atoms with E-state index in [2.05, 4.69) is 15.6 Å². The van der Waals surface area contributed by atoms with Crippen molar-refractivity contribution < 1.29 is 9.72 Å². The van der Waals surface area contributed by atoms with Crippen LogP contribution in [0.15, 0.2) is 60.9 Å². The molecule has 0 atom stereocenters. The number of nitro benzene ring substituents is 1. The van der Waals surface area contributed by atoms with Crippen molar-refractivity contribution in [2.24, 2.45) is 0 Å². The average Bonchev–Trinajstić information content (AvgIpc) is 2.72. The Labute approximate surface area is 166 Å². The highest BCUT2D eigenvalue weighted by Crippen LogP contribution is 2.30. The molecular weight excluding hydrogens is 372 g/mol. The van der Waals surface area contributed by atoms with Gasteiger partial charge < -0.3 is 16.4 Å². The van der Waals surface area contributed by atoms with Crippen LogP contribution in [0.5, 0.6) is 0 Å². The molecule has 0 saturated carbocycles.